The fraction of sp³-hybridized carbons (Fsp3) is 0.583. The molecule has 1 unspecified atom stereocenters. The van der Waals surface area contributed by atoms with Crippen molar-refractivity contribution in [2.75, 3.05) is 6.54 Å². The van der Waals surface area contributed by atoms with E-state index in [1.165, 1.54) is 0 Å². The number of nitrogens with two attached hydrogens (primary N) is 1. The SMILES string of the molecule is CC(CCCN)C(=O)NCc1cccn1C. The maximum Gasteiger partial charge on any atom is 0.223 e. The first-order valence-electron chi connectivity index (χ1n) is 5.73. The van der Waals surface area contributed by atoms with Gasteiger partial charge in [-0.15, -0.1) is 0 Å². The third-order valence-electron chi connectivity index (χ3n) is 2.78. The Morgan fingerprint density at radius 1 is 1.62 bits per heavy atom. The van der Waals surface area contributed by atoms with Crippen molar-refractivity contribution in [1.29, 1.82) is 0 Å². The highest BCUT2D eigenvalue weighted by molar-refractivity contribution is 5.78. The maximum absolute atomic E-state index is 11.7. The summed E-state index contributed by atoms with van der Waals surface area (Å²) in [5, 5.41) is 2.93. The zero-order chi connectivity index (χ0) is 12.0. The number of aromatic nitrogens is 1. The summed E-state index contributed by atoms with van der Waals surface area (Å²) < 4.78 is 2.00. The molecule has 1 atom stereocenters. The van der Waals surface area contributed by atoms with Gasteiger partial charge in [-0.05, 0) is 31.5 Å². The third kappa shape index (κ3) is 3.70. The van der Waals surface area contributed by atoms with E-state index in [1.807, 2.05) is 36.9 Å². The Bertz CT molecular complexity index is 333. The summed E-state index contributed by atoms with van der Waals surface area (Å²) in [6.07, 6.45) is 3.73. The summed E-state index contributed by atoms with van der Waals surface area (Å²) in [4.78, 5) is 11.7. The number of nitrogens with zero attached hydrogens (tertiary/aromatic N) is 1. The summed E-state index contributed by atoms with van der Waals surface area (Å²) in [5.74, 6) is 0.151. The maximum atomic E-state index is 11.7. The molecular formula is C12H21N3O. The Morgan fingerprint density at radius 2 is 2.38 bits per heavy atom. The number of amides is 1. The quantitative estimate of drug-likeness (QED) is 0.756. The lowest BCUT2D eigenvalue weighted by Gasteiger charge is -2.11. The lowest BCUT2D eigenvalue weighted by atomic mass is 10.1. The molecule has 0 bridgehead atoms. The van der Waals surface area contributed by atoms with Crippen molar-refractivity contribution in [3.8, 4) is 0 Å². The molecule has 1 rings (SSSR count). The van der Waals surface area contributed by atoms with Crippen molar-refractivity contribution in [1.82, 2.24) is 9.88 Å². The molecule has 3 N–H and O–H groups in total. The van der Waals surface area contributed by atoms with Crippen LogP contribution >= 0.6 is 0 Å². The van der Waals surface area contributed by atoms with Crippen LogP contribution in [0.1, 0.15) is 25.5 Å². The first-order chi connectivity index (χ1) is 7.65. The smallest absolute Gasteiger partial charge is 0.223 e. The van der Waals surface area contributed by atoms with E-state index in [9.17, 15) is 4.79 Å². The summed E-state index contributed by atoms with van der Waals surface area (Å²) in [6, 6.07) is 3.98. The molecule has 0 saturated heterocycles. The second-order valence-corrected chi connectivity index (χ2v) is 4.16. The van der Waals surface area contributed by atoms with E-state index < -0.39 is 0 Å². The van der Waals surface area contributed by atoms with Gasteiger partial charge in [0, 0.05) is 24.9 Å². The van der Waals surface area contributed by atoms with Gasteiger partial charge >= 0.3 is 0 Å². The van der Waals surface area contributed by atoms with Crippen LogP contribution in [-0.2, 0) is 18.4 Å². The van der Waals surface area contributed by atoms with Crippen molar-refractivity contribution >= 4 is 5.91 Å². The molecule has 0 aromatic carbocycles. The predicted octanol–water partition coefficient (Wildman–Crippen LogP) is 1.02. The van der Waals surface area contributed by atoms with E-state index in [0.717, 1.165) is 18.5 Å². The fourth-order valence-corrected chi connectivity index (χ4v) is 1.59. The summed E-state index contributed by atoms with van der Waals surface area (Å²) >= 11 is 0. The first-order valence-corrected chi connectivity index (χ1v) is 5.73. The summed E-state index contributed by atoms with van der Waals surface area (Å²) in [6.45, 7) is 3.18. The Balaban J connectivity index is 2.32. The average molecular weight is 223 g/mol. The lowest BCUT2D eigenvalue weighted by molar-refractivity contribution is -0.124. The Morgan fingerprint density at radius 3 is 2.94 bits per heavy atom. The molecular weight excluding hydrogens is 202 g/mol. The molecule has 0 aliphatic rings. The molecule has 1 aromatic rings. The summed E-state index contributed by atoms with van der Waals surface area (Å²) in [5.41, 5.74) is 6.52. The average Bonchev–Trinajstić information content (AvgIpc) is 2.68. The fourth-order valence-electron chi connectivity index (χ4n) is 1.59. The second-order valence-electron chi connectivity index (χ2n) is 4.16. The van der Waals surface area contributed by atoms with Crippen LogP contribution < -0.4 is 11.1 Å². The minimum Gasteiger partial charge on any atom is -0.353 e. The van der Waals surface area contributed by atoms with Crippen LogP contribution in [0.3, 0.4) is 0 Å². The Kier molecular flexibility index (Phi) is 5.05. The molecule has 4 heteroatoms. The molecule has 90 valence electrons. The van der Waals surface area contributed by atoms with Crippen LogP contribution in [0.2, 0.25) is 0 Å². The van der Waals surface area contributed by atoms with E-state index in [1.54, 1.807) is 0 Å². The number of hydrogen-bond donors (Lipinski definition) is 2. The third-order valence-corrected chi connectivity index (χ3v) is 2.78. The Labute approximate surface area is 96.8 Å². The van der Waals surface area contributed by atoms with Gasteiger partial charge in [-0.3, -0.25) is 4.79 Å². The van der Waals surface area contributed by atoms with Gasteiger partial charge in [0.25, 0.3) is 0 Å². The minimum atomic E-state index is 0.0452. The topological polar surface area (TPSA) is 60.1 Å². The summed E-state index contributed by atoms with van der Waals surface area (Å²) in [7, 11) is 1.97. The van der Waals surface area contributed by atoms with Gasteiger partial charge in [-0.2, -0.15) is 0 Å². The highest BCUT2D eigenvalue weighted by atomic mass is 16.1. The van der Waals surface area contributed by atoms with E-state index in [2.05, 4.69) is 5.32 Å². The molecule has 0 fully saturated rings. The number of carbonyl (C=O) groups is 1. The van der Waals surface area contributed by atoms with Crippen molar-refractivity contribution in [3.05, 3.63) is 24.0 Å². The standard InChI is InChI=1S/C12H21N3O/c1-10(5-3-7-13)12(16)14-9-11-6-4-8-15(11)2/h4,6,8,10H,3,5,7,9,13H2,1-2H3,(H,14,16). The highest BCUT2D eigenvalue weighted by Crippen LogP contribution is 2.05. The lowest BCUT2D eigenvalue weighted by Crippen LogP contribution is -2.29. The molecule has 0 aliphatic carbocycles. The van der Waals surface area contributed by atoms with E-state index in [-0.39, 0.29) is 11.8 Å². The molecule has 1 aromatic heterocycles. The molecule has 4 nitrogen and oxygen atoms in total. The van der Waals surface area contributed by atoms with E-state index >= 15 is 0 Å². The van der Waals surface area contributed by atoms with Gasteiger partial charge in [0.15, 0.2) is 0 Å². The van der Waals surface area contributed by atoms with Gasteiger partial charge in [-0.25, -0.2) is 0 Å². The van der Waals surface area contributed by atoms with Crippen LogP contribution in [0.25, 0.3) is 0 Å². The predicted molar refractivity (Wildman–Crippen MR) is 64.7 cm³/mol. The zero-order valence-corrected chi connectivity index (χ0v) is 10.1. The monoisotopic (exact) mass is 223 g/mol. The van der Waals surface area contributed by atoms with Crippen molar-refractivity contribution in [2.24, 2.45) is 18.7 Å². The minimum absolute atomic E-state index is 0.0452. The first kappa shape index (κ1) is 12.8. The number of aryl methyl sites for hydroxylation is 1. The van der Waals surface area contributed by atoms with Crippen LogP contribution in [0.15, 0.2) is 18.3 Å². The highest BCUT2D eigenvalue weighted by Gasteiger charge is 2.11. The van der Waals surface area contributed by atoms with Crippen molar-refractivity contribution in [3.63, 3.8) is 0 Å². The van der Waals surface area contributed by atoms with E-state index in [4.69, 9.17) is 5.73 Å². The molecule has 0 aliphatic heterocycles. The van der Waals surface area contributed by atoms with Crippen LogP contribution in [0.5, 0.6) is 0 Å². The molecule has 0 spiro atoms. The Hall–Kier alpha value is -1.29. The number of rotatable bonds is 6. The largest absolute Gasteiger partial charge is 0.353 e. The van der Waals surface area contributed by atoms with Gasteiger partial charge in [0.1, 0.15) is 0 Å². The number of carbonyl (C=O) groups excluding carboxylic acids is 1. The molecule has 0 radical (unpaired) electrons. The number of hydrogen-bond acceptors (Lipinski definition) is 2. The molecule has 16 heavy (non-hydrogen) atoms. The molecule has 0 saturated carbocycles. The van der Waals surface area contributed by atoms with Crippen LogP contribution in [-0.4, -0.2) is 17.0 Å². The van der Waals surface area contributed by atoms with Gasteiger partial charge < -0.3 is 15.6 Å². The van der Waals surface area contributed by atoms with E-state index in [0.29, 0.717) is 13.1 Å². The van der Waals surface area contributed by atoms with Crippen LogP contribution in [0.4, 0.5) is 0 Å². The molecule has 1 amide bonds. The van der Waals surface area contributed by atoms with Gasteiger partial charge in [-0.1, -0.05) is 6.92 Å². The van der Waals surface area contributed by atoms with Gasteiger partial charge in [0.2, 0.25) is 5.91 Å². The van der Waals surface area contributed by atoms with Crippen LogP contribution in [0, 0.1) is 5.92 Å². The molecule has 1 heterocycles. The normalized spacial score (nSPS) is 12.4. The zero-order valence-electron chi connectivity index (χ0n) is 10.1. The second kappa shape index (κ2) is 6.33. The number of nitrogens with one attached hydrogen (secondary N) is 1. The van der Waals surface area contributed by atoms with Gasteiger partial charge in [0.05, 0.1) is 6.54 Å². The van der Waals surface area contributed by atoms with Crippen molar-refractivity contribution in [2.45, 2.75) is 26.3 Å². The van der Waals surface area contributed by atoms with Crippen molar-refractivity contribution < 1.29 is 4.79 Å².